The van der Waals surface area contributed by atoms with E-state index >= 15 is 0 Å². The highest BCUT2D eigenvalue weighted by Crippen LogP contribution is 2.27. The molecule has 29 heavy (non-hydrogen) atoms. The van der Waals surface area contributed by atoms with Gasteiger partial charge in [0.1, 0.15) is 6.04 Å². The molecule has 156 valence electrons. The van der Waals surface area contributed by atoms with E-state index in [0.29, 0.717) is 18.8 Å². The van der Waals surface area contributed by atoms with E-state index in [0.717, 1.165) is 36.2 Å². The number of carbonyl (C=O) groups is 1. The van der Waals surface area contributed by atoms with Crippen molar-refractivity contribution in [3.05, 3.63) is 59.7 Å². The third-order valence-corrected chi connectivity index (χ3v) is 6.61. The van der Waals surface area contributed by atoms with Crippen LogP contribution in [0.5, 0.6) is 0 Å². The molecule has 1 fully saturated rings. The van der Waals surface area contributed by atoms with Crippen molar-refractivity contribution in [2.24, 2.45) is 0 Å². The summed E-state index contributed by atoms with van der Waals surface area (Å²) >= 11 is 0. The third kappa shape index (κ3) is 4.72. The van der Waals surface area contributed by atoms with Crippen LogP contribution in [-0.2, 0) is 14.8 Å². The summed E-state index contributed by atoms with van der Waals surface area (Å²) in [5, 5.41) is 0. The summed E-state index contributed by atoms with van der Waals surface area (Å²) in [7, 11) is -3.62. The van der Waals surface area contributed by atoms with Crippen molar-refractivity contribution >= 4 is 27.3 Å². The van der Waals surface area contributed by atoms with Crippen molar-refractivity contribution in [3.8, 4) is 0 Å². The van der Waals surface area contributed by atoms with E-state index in [4.69, 9.17) is 0 Å². The van der Waals surface area contributed by atoms with E-state index in [1.165, 1.54) is 4.31 Å². The van der Waals surface area contributed by atoms with Gasteiger partial charge in [0.2, 0.25) is 15.9 Å². The number of nitrogens with zero attached hydrogens (tertiary/aromatic N) is 3. The van der Waals surface area contributed by atoms with Gasteiger partial charge in [0.05, 0.1) is 11.9 Å². The number of amides is 1. The molecule has 1 aliphatic rings. The van der Waals surface area contributed by atoms with Gasteiger partial charge in [0.25, 0.3) is 0 Å². The highest BCUT2D eigenvalue weighted by Gasteiger charge is 2.34. The molecule has 1 amide bonds. The number of anilines is 2. The number of para-hydroxylation sites is 1. The van der Waals surface area contributed by atoms with Gasteiger partial charge in [0.15, 0.2) is 0 Å². The molecule has 1 heterocycles. The van der Waals surface area contributed by atoms with E-state index in [1.54, 1.807) is 11.8 Å². The molecule has 0 N–H and O–H groups in total. The smallest absolute Gasteiger partial charge is 0.246 e. The molecular weight excluding hydrogens is 386 g/mol. The second kappa shape index (κ2) is 8.45. The Morgan fingerprint density at radius 2 is 1.62 bits per heavy atom. The summed E-state index contributed by atoms with van der Waals surface area (Å²) in [6, 6.07) is 15.0. The molecule has 3 rings (SSSR count). The second-order valence-electron chi connectivity index (χ2n) is 7.67. The number of rotatable bonds is 5. The van der Waals surface area contributed by atoms with Crippen LogP contribution in [0.15, 0.2) is 48.5 Å². The second-order valence-corrected chi connectivity index (χ2v) is 9.53. The minimum atomic E-state index is -3.62. The molecule has 0 radical (unpaired) electrons. The molecule has 0 saturated carbocycles. The van der Waals surface area contributed by atoms with Crippen molar-refractivity contribution in [1.29, 1.82) is 0 Å². The number of piperazine rings is 1. The lowest BCUT2D eigenvalue weighted by Crippen LogP contribution is -2.55. The van der Waals surface area contributed by atoms with Crippen LogP contribution in [0.25, 0.3) is 0 Å². The predicted octanol–water partition coefficient (Wildman–Crippen LogP) is 2.81. The number of hydrogen-bond donors (Lipinski definition) is 0. The zero-order valence-corrected chi connectivity index (χ0v) is 18.3. The Bertz CT molecular complexity index is 968. The van der Waals surface area contributed by atoms with Gasteiger partial charge in [-0.05, 0) is 50.1 Å². The van der Waals surface area contributed by atoms with Crippen LogP contribution >= 0.6 is 0 Å². The number of sulfonamides is 1. The normalized spacial score (nSPS) is 15.9. The summed E-state index contributed by atoms with van der Waals surface area (Å²) in [6.07, 6.45) is 1.16. The summed E-state index contributed by atoms with van der Waals surface area (Å²) in [5.41, 5.74) is 3.49. The fourth-order valence-corrected chi connectivity index (χ4v) is 5.04. The maximum atomic E-state index is 13.2. The summed E-state index contributed by atoms with van der Waals surface area (Å²) in [6.45, 7) is 8.05. The van der Waals surface area contributed by atoms with Gasteiger partial charge in [-0.2, -0.15) is 0 Å². The fraction of sp³-hybridized carbons (Fsp3) is 0.409. The van der Waals surface area contributed by atoms with Crippen LogP contribution in [0.4, 0.5) is 11.4 Å². The lowest BCUT2D eigenvalue weighted by Gasteiger charge is -2.39. The molecule has 2 aromatic rings. The van der Waals surface area contributed by atoms with Crippen molar-refractivity contribution in [1.82, 2.24) is 4.90 Å². The Balaban J connectivity index is 1.78. The van der Waals surface area contributed by atoms with Crippen LogP contribution in [-0.4, -0.2) is 57.7 Å². The standard InChI is InChI=1S/C22H29N3O3S/c1-17-10-11-18(2)21(16-17)25(29(4,27)28)19(3)22(26)24-14-12-23(13-15-24)20-8-6-5-7-9-20/h5-11,16,19H,12-15H2,1-4H3/t19-/m1/s1. The van der Waals surface area contributed by atoms with Gasteiger partial charge < -0.3 is 9.80 Å². The van der Waals surface area contributed by atoms with Crippen LogP contribution < -0.4 is 9.21 Å². The lowest BCUT2D eigenvalue weighted by atomic mass is 10.1. The van der Waals surface area contributed by atoms with Gasteiger partial charge in [-0.15, -0.1) is 0 Å². The molecule has 2 aromatic carbocycles. The van der Waals surface area contributed by atoms with E-state index in [1.807, 2.05) is 50.2 Å². The fourth-order valence-electron chi connectivity index (χ4n) is 3.82. The summed E-state index contributed by atoms with van der Waals surface area (Å²) < 4.78 is 26.5. The first-order valence-electron chi connectivity index (χ1n) is 9.84. The van der Waals surface area contributed by atoms with Crippen molar-refractivity contribution in [3.63, 3.8) is 0 Å². The highest BCUT2D eigenvalue weighted by atomic mass is 32.2. The maximum Gasteiger partial charge on any atom is 0.246 e. The number of benzene rings is 2. The van der Waals surface area contributed by atoms with E-state index in [2.05, 4.69) is 17.0 Å². The minimum absolute atomic E-state index is 0.163. The van der Waals surface area contributed by atoms with Gasteiger partial charge in [0, 0.05) is 31.9 Å². The number of aryl methyl sites for hydroxylation is 2. The summed E-state index contributed by atoms with van der Waals surface area (Å²) in [5.74, 6) is -0.163. The molecule has 7 heteroatoms. The van der Waals surface area contributed by atoms with E-state index < -0.39 is 16.1 Å². The topological polar surface area (TPSA) is 60.9 Å². The quantitative estimate of drug-likeness (QED) is 0.753. The first-order valence-corrected chi connectivity index (χ1v) is 11.7. The SMILES string of the molecule is Cc1ccc(C)c(N([C@H](C)C(=O)N2CCN(c3ccccc3)CC2)S(C)(=O)=O)c1. The first-order chi connectivity index (χ1) is 13.7. The molecule has 0 aliphatic carbocycles. The minimum Gasteiger partial charge on any atom is -0.368 e. The molecule has 0 spiro atoms. The molecule has 0 aromatic heterocycles. The van der Waals surface area contributed by atoms with Crippen LogP contribution in [0.3, 0.4) is 0 Å². The largest absolute Gasteiger partial charge is 0.368 e. The van der Waals surface area contributed by atoms with Crippen LogP contribution in [0.2, 0.25) is 0 Å². The molecule has 1 saturated heterocycles. The van der Waals surface area contributed by atoms with Crippen molar-refractivity contribution in [2.45, 2.75) is 26.8 Å². The van der Waals surface area contributed by atoms with Gasteiger partial charge in [-0.1, -0.05) is 30.3 Å². The average molecular weight is 416 g/mol. The Morgan fingerprint density at radius 3 is 2.21 bits per heavy atom. The number of carbonyl (C=O) groups excluding carboxylic acids is 1. The molecule has 0 unspecified atom stereocenters. The Labute approximate surface area is 173 Å². The van der Waals surface area contributed by atoms with Crippen LogP contribution in [0, 0.1) is 13.8 Å². The molecule has 6 nitrogen and oxygen atoms in total. The van der Waals surface area contributed by atoms with E-state index in [9.17, 15) is 13.2 Å². The van der Waals surface area contributed by atoms with Crippen LogP contribution in [0.1, 0.15) is 18.1 Å². The number of hydrogen-bond acceptors (Lipinski definition) is 4. The molecule has 0 bridgehead atoms. The Morgan fingerprint density at radius 1 is 1.00 bits per heavy atom. The highest BCUT2D eigenvalue weighted by molar-refractivity contribution is 7.92. The molecule has 1 atom stereocenters. The van der Waals surface area contributed by atoms with Crippen molar-refractivity contribution in [2.75, 3.05) is 41.6 Å². The molecular formula is C22H29N3O3S. The average Bonchev–Trinajstić information content (AvgIpc) is 2.70. The van der Waals surface area contributed by atoms with Gasteiger partial charge in [-0.3, -0.25) is 9.10 Å². The summed E-state index contributed by atoms with van der Waals surface area (Å²) in [4.78, 5) is 17.2. The maximum absolute atomic E-state index is 13.2. The molecule has 1 aliphatic heterocycles. The van der Waals surface area contributed by atoms with Gasteiger partial charge >= 0.3 is 0 Å². The Kier molecular flexibility index (Phi) is 6.17. The zero-order valence-electron chi connectivity index (χ0n) is 17.5. The Hall–Kier alpha value is -2.54. The monoisotopic (exact) mass is 415 g/mol. The third-order valence-electron chi connectivity index (χ3n) is 5.38. The van der Waals surface area contributed by atoms with Gasteiger partial charge in [-0.25, -0.2) is 8.42 Å². The zero-order chi connectivity index (χ0) is 21.2. The first kappa shape index (κ1) is 21.2. The lowest BCUT2D eigenvalue weighted by molar-refractivity contribution is -0.132. The predicted molar refractivity (Wildman–Crippen MR) is 118 cm³/mol. The van der Waals surface area contributed by atoms with Crippen molar-refractivity contribution < 1.29 is 13.2 Å². The van der Waals surface area contributed by atoms with E-state index in [-0.39, 0.29) is 5.91 Å².